The van der Waals surface area contributed by atoms with Crippen molar-refractivity contribution in [3.63, 3.8) is 0 Å². The molecular weight excluding hydrogens is 979 g/mol. The molecule has 3 aromatic heterocycles. The fourth-order valence-corrected chi connectivity index (χ4v) is 10.2. The second-order valence-electron chi connectivity index (χ2n) is 19.1. The van der Waals surface area contributed by atoms with E-state index < -0.39 is 11.9 Å². The minimum atomic E-state index is -0.759. The number of carbonyl (C=O) groups is 6. The molecule has 0 radical (unpaired) electrons. The van der Waals surface area contributed by atoms with E-state index in [2.05, 4.69) is 46.4 Å². The quantitative estimate of drug-likeness (QED) is 0.0347. The molecule has 76 heavy (non-hydrogen) atoms. The smallest absolute Gasteiger partial charge is 0.263 e. The Morgan fingerprint density at radius 1 is 0.882 bits per heavy atom. The Hall–Kier alpha value is -8.34. The number of hydrogen-bond donors (Lipinski definition) is 4. The van der Waals surface area contributed by atoms with E-state index in [1.165, 1.54) is 26.0 Å². The van der Waals surface area contributed by atoms with Crippen molar-refractivity contribution in [1.29, 1.82) is 0 Å². The molecule has 1 unspecified atom stereocenters. The largest absolute Gasteiger partial charge is 0.493 e. The number of hydrogen-bond acceptors (Lipinski definition) is 18. The van der Waals surface area contributed by atoms with Crippen molar-refractivity contribution in [3.8, 4) is 17.2 Å². The Morgan fingerprint density at radius 2 is 1.63 bits per heavy atom. The first-order chi connectivity index (χ1) is 36.8. The van der Waals surface area contributed by atoms with Crippen molar-refractivity contribution < 1.29 is 43.0 Å². The maximum atomic E-state index is 13.6. The van der Waals surface area contributed by atoms with Crippen molar-refractivity contribution in [2.45, 2.75) is 83.8 Å². The summed E-state index contributed by atoms with van der Waals surface area (Å²) in [7, 11) is 2.89. The first kappa shape index (κ1) is 52.5. The van der Waals surface area contributed by atoms with E-state index in [0.29, 0.717) is 96.6 Å². The van der Waals surface area contributed by atoms with Crippen LogP contribution in [0.3, 0.4) is 0 Å². The number of amides is 5. The normalized spacial score (nSPS) is 16.8. The van der Waals surface area contributed by atoms with Crippen molar-refractivity contribution >= 4 is 75.2 Å². The molecule has 23 heteroatoms. The lowest BCUT2D eigenvalue weighted by Crippen LogP contribution is -2.52. The molecule has 1 atom stereocenters. The summed E-state index contributed by atoms with van der Waals surface area (Å²) in [6.45, 7) is 6.65. The Balaban J connectivity index is 0.677. The highest BCUT2D eigenvalue weighted by Gasteiger charge is 2.40. The SMILES string of the molecule is COc1cc(N=Nc2cccc3c2CN(C2CCC(=O)NC2=O)C3=O)cc(OC)c1OCC(=O)NCCCCNCC(=O)N1CCN(c2ccc(Nc3ncc4c(C)c(C(C)=O)c(=O)n(C5CCCC5)c4n3)nc2)CC1. The van der Waals surface area contributed by atoms with E-state index >= 15 is 0 Å². The van der Waals surface area contributed by atoms with Gasteiger partial charge in [-0.15, -0.1) is 0 Å². The van der Waals surface area contributed by atoms with Gasteiger partial charge in [0.25, 0.3) is 17.4 Å². The van der Waals surface area contributed by atoms with Crippen LogP contribution in [0, 0.1) is 6.92 Å². The number of unbranched alkanes of at least 4 members (excludes halogenated alkanes) is 1. The number of nitrogens with one attached hydrogen (secondary N) is 4. The number of fused-ring (bicyclic) bond motifs is 2. The molecule has 2 saturated heterocycles. The van der Waals surface area contributed by atoms with Crippen LogP contribution in [0.4, 0.5) is 28.8 Å². The topological polar surface area (TPSA) is 273 Å². The van der Waals surface area contributed by atoms with Gasteiger partial charge in [-0.3, -0.25) is 43.4 Å². The number of anilines is 3. The third-order valence-corrected chi connectivity index (χ3v) is 14.2. The van der Waals surface area contributed by atoms with Gasteiger partial charge in [-0.2, -0.15) is 15.2 Å². The first-order valence-electron chi connectivity index (χ1n) is 25.5. The van der Waals surface area contributed by atoms with E-state index in [0.717, 1.165) is 37.8 Å². The minimum Gasteiger partial charge on any atom is -0.493 e. The molecule has 1 aliphatic carbocycles. The lowest BCUT2D eigenvalue weighted by atomic mass is 10.0. The number of piperazine rings is 1. The number of aryl methyl sites for hydroxylation is 1. The number of pyridine rings is 2. The summed E-state index contributed by atoms with van der Waals surface area (Å²) in [5.74, 6) is -0.227. The zero-order valence-electron chi connectivity index (χ0n) is 43.0. The highest BCUT2D eigenvalue weighted by atomic mass is 16.5. The van der Waals surface area contributed by atoms with Crippen LogP contribution in [-0.4, -0.2) is 137 Å². The fourth-order valence-electron chi connectivity index (χ4n) is 10.2. The van der Waals surface area contributed by atoms with Gasteiger partial charge in [0, 0.05) is 86.6 Å². The summed E-state index contributed by atoms with van der Waals surface area (Å²) in [5, 5.41) is 21.0. The van der Waals surface area contributed by atoms with Crippen molar-refractivity contribution in [1.82, 2.24) is 45.3 Å². The summed E-state index contributed by atoms with van der Waals surface area (Å²) in [5.41, 5.74) is 3.71. The van der Waals surface area contributed by atoms with Gasteiger partial charge >= 0.3 is 0 Å². The lowest BCUT2D eigenvalue weighted by Gasteiger charge is -2.36. The van der Waals surface area contributed by atoms with Gasteiger partial charge in [0.2, 0.25) is 29.4 Å². The molecule has 4 N–H and O–H groups in total. The van der Waals surface area contributed by atoms with E-state index in [9.17, 15) is 33.6 Å². The van der Waals surface area contributed by atoms with Crippen LogP contribution < -0.4 is 45.9 Å². The summed E-state index contributed by atoms with van der Waals surface area (Å²) in [6, 6.07) is 11.2. The van der Waals surface area contributed by atoms with Gasteiger partial charge in [-0.05, 0) is 82.3 Å². The van der Waals surface area contributed by atoms with Crippen LogP contribution in [0.15, 0.2) is 69.9 Å². The second-order valence-corrected chi connectivity index (χ2v) is 19.1. The monoisotopic (exact) mass is 1040 g/mol. The summed E-state index contributed by atoms with van der Waals surface area (Å²) < 4.78 is 18.7. The minimum absolute atomic E-state index is 0.0170. The van der Waals surface area contributed by atoms with Gasteiger partial charge in [-0.1, -0.05) is 18.9 Å². The van der Waals surface area contributed by atoms with Crippen molar-refractivity contribution in [2.75, 3.05) is 76.9 Å². The number of imide groups is 1. The number of carbonyl (C=O) groups excluding carboxylic acids is 6. The Bertz CT molecular complexity index is 3120. The molecule has 5 aromatic rings. The summed E-state index contributed by atoms with van der Waals surface area (Å²) >= 11 is 0. The maximum Gasteiger partial charge on any atom is 0.263 e. The standard InChI is InChI=1S/C53H61N13O10/c1-31-37-27-57-53(60-49(37)66(34-10-5-6-11-34)52(73)47(31)32(2)67)58-43-16-14-35(26-56-43)63-20-22-64(23-21-63)46(70)28-54-18-7-8-19-55-45(69)30-76-48-41(74-3)24-33(25-42(48)75-4)61-62-39-13-9-12-36-38(39)29-65(51(36)72)40-15-17-44(68)59-50(40)71/h9,12-14,16,24-27,34,40,54H,5-8,10-11,15,17-23,28-30H2,1-4H3,(H,55,69)(H,59,68,71)(H,56,57,58,60). The Morgan fingerprint density at radius 3 is 2.33 bits per heavy atom. The zero-order valence-corrected chi connectivity index (χ0v) is 43.0. The summed E-state index contributed by atoms with van der Waals surface area (Å²) in [6.07, 6.45) is 8.97. The molecular formula is C53H61N13O10. The van der Waals surface area contributed by atoms with E-state index in [1.807, 2.05) is 17.0 Å². The van der Waals surface area contributed by atoms with Gasteiger partial charge < -0.3 is 44.9 Å². The summed E-state index contributed by atoms with van der Waals surface area (Å²) in [4.78, 5) is 109. The van der Waals surface area contributed by atoms with Crippen molar-refractivity contribution in [3.05, 3.63) is 87.5 Å². The van der Waals surface area contributed by atoms with Crippen LogP contribution in [-0.2, 0) is 25.7 Å². The predicted molar refractivity (Wildman–Crippen MR) is 279 cm³/mol. The molecule has 0 bridgehead atoms. The van der Waals surface area contributed by atoms with Gasteiger partial charge in [-0.25, -0.2) is 9.97 Å². The number of ether oxygens (including phenoxy) is 3. The number of piperidine rings is 1. The predicted octanol–water partition coefficient (Wildman–Crippen LogP) is 4.96. The van der Waals surface area contributed by atoms with E-state index in [-0.39, 0.29) is 96.4 Å². The number of Topliss-reactive ketones (excluding diaryl/α,β-unsaturated/α-hetero) is 1. The third kappa shape index (κ3) is 11.5. The average Bonchev–Trinajstić information content (AvgIpc) is 4.08. The molecule has 1 saturated carbocycles. The lowest BCUT2D eigenvalue weighted by molar-refractivity contribution is -0.137. The van der Waals surface area contributed by atoms with Crippen LogP contribution in [0.25, 0.3) is 11.0 Å². The molecule has 23 nitrogen and oxygen atoms in total. The maximum absolute atomic E-state index is 13.6. The molecule has 3 aliphatic heterocycles. The first-order valence-corrected chi connectivity index (χ1v) is 25.5. The molecule has 3 fully saturated rings. The third-order valence-electron chi connectivity index (χ3n) is 14.2. The molecule has 6 heterocycles. The highest BCUT2D eigenvalue weighted by Crippen LogP contribution is 2.42. The van der Waals surface area contributed by atoms with Crippen LogP contribution in [0.2, 0.25) is 0 Å². The average molecular weight is 1040 g/mol. The number of aromatic nitrogens is 4. The Kier molecular flexibility index (Phi) is 16.2. The van der Waals surface area contributed by atoms with E-state index in [1.54, 1.807) is 54.2 Å². The molecule has 398 valence electrons. The molecule has 0 spiro atoms. The molecule has 9 rings (SSSR count). The molecule has 4 aliphatic rings. The van der Waals surface area contributed by atoms with Crippen molar-refractivity contribution in [2.24, 2.45) is 10.2 Å². The fraction of sp³-hybridized carbons (Fsp3) is 0.434. The molecule has 2 aromatic carbocycles. The van der Waals surface area contributed by atoms with Gasteiger partial charge in [0.1, 0.15) is 17.5 Å². The number of azo groups is 1. The van der Waals surface area contributed by atoms with E-state index in [4.69, 9.17) is 19.2 Å². The van der Waals surface area contributed by atoms with Crippen LogP contribution in [0.1, 0.15) is 96.2 Å². The van der Waals surface area contributed by atoms with Gasteiger partial charge in [0.15, 0.2) is 23.9 Å². The number of rotatable bonds is 20. The van der Waals surface area contributed by atoms with Gasteiger partial charge in [0.05, 0.1) is 49.6 Å². The number of ketones is 1. The second kappa shape index (κ2) is 23.5. The van der Waals surface area contributed by atoms with Crippen LogP contribution in [0.5, 0.6) is 17.2 Å². The highest BCUT2D eigenvalue weighted by molar-refractivity contribution is 6.06. The number of benzene rings is 2. The number of methoxy groups -OCH3 is 2. The molecule has 5 amide bonds. The zero-order chi connectivity index (χ0) is 53.5. The number of nitrogens with zero attached hydrogens (tertiary/aromatic N) is 9. The Labute approximate surface area is 437 Å². The van der Waals surface area contributed by atoms with Crippen LogP contribution >= 0.6 is 0 Å².